The van der Waals surface area contributed by atoms with Gasteiger partial charge < -0.3 is 10.4 Å². The van der Waals surface area contributed by atoms with E-state index in [0.29, 0.717) is 6.54 Å². The second-order valence-corrected chi connectivity index (χ2v) is 4.30. The number of nitrogens with zero attached hydrogens (tertiary/aromatic N) is 1. The van der Waals surface area contributed by atoms with Gasteiger partial charge in [0.15, 0.2) is 0 Å². The van der Waals surface area contributed by atoms with Gasteiger partial charge in [0.2, 0.25) is 5.91 Å². The third-order valence-electron chi connectivity index (χ3n) is 3.09. The standard InChI is InChI=1S/C11H20N2O3.ClH/c1-2-9-3-5-13(6-4-9)8-10(14)12-7-11(15)16;/h9H,2-8H2,1H3,(H,12,14)(H,15,16);1H. The van der Waals surface area contributed by atoms with E-state index in [9.17, 15) is 9.59 Å². The van der Waals surface area contributed by atoms with Gasteiger partial charge in [-0.3, -0.25) is 14.5 Å². The van der Waals surface area contributed by atoms with E-state index in [1.54, 1.807) is 0 Å². The van der Waals surface area contributed by atoms with Crippen molar-refractivity contribution >= 4 is 24.3 Å². The minimum atomic E-state index is -1.00. The number of hydrogen-bond donors (Lipinski definition) is 2. The molecule has 1 fully saturated rings. The first-order valence-electron chi connectivity index (χ1n) is 5.82. The number of likely N-dealkylation sites (tertiary alicyclic amines) is 1. The number of aliphatic carboxylic acids is 1. The Morgan fingerprint density at radius 2 is 1.94 bits per heavy atom. The van der Waals surface area contributed by atoms with Crippen LogP contribution < -0.4 is 5.32 Å². The molecule has 0 saturated carbocycles. The number of piperidine rings is 1. The lowest BCUT2D eigenvalue weighted by Gasteiger charge is -2.30. The molecule has 0 aromatic rings. The van der Waals surface area contributed by atoms with Crippen molar-refractivity contribution in [2.24, 2.45) is 5.92 Å². The summed E-state index contributed by atoms with van der Waals surface area (Å²) in [6, 6.07) is 0. The molecule has 6 heteroatoms. The molecule has 17 heavy (non-hydrogen) atoms. The molecule has 1 aliphatic heterocycles. The molecule has 0 unspecified atom stereocenters. The van der Waals surface area contributed by atoms with Crippen molar-refractivity contribution in [1.82, 2.24) is 10.2 Å². The van der Waals surface area contributed by atoms with Crippen LogP contribution in [0.5, 0.6) is 0 Å². The maximum absolute atomic E-state index is 11.4. The van der Waals surface area contributed by atoms with Crippen LogP contribution in [0, 0.1) is 5.92 Å². The minimum absolute atomic E-state index is 0. The predicted octanol–water partition coefficient (Wildman–Crippen LogP) is 0.731. The first kappa shape index (κ1) is 16.2. The maximum atomic E-state index is 11.4. The molecular weight excluding hydrogens is 244 g/mol. The predicted molar refractivity (Wildman–Crippen MR) is 67.3 cm³/mol. The summed E-state index contributed by atoms with van der Waals surface area (Å²) in [7, 11) is 0. The fourth-order valence-electron chi connectivity index (χ4n) is 1.99. The van der Waals surface area contributed by atoms with E-state index in [-0.39, 0.29) is 24.9 Å². The number of rotatable bonds is 5. The summed E-state index contributed by atoms with van der Waals surface area (Å²) < 4.78 is 0. The second kappa shape index (κ2) is 8.31. The quantitative estimate of drug-likeness (QED) is 0.768. The molecule has 1 saturated heterocycles. The highest BCUT2D eigenvalue weighted by Gasteiger charge is 2.19. The zero-order valence-electron chi connectivity index (χ0n) is 10.1. The van der Waals surface area contributed by atoms with E-state index in [1.807, 2.05) is 0 Å². The van der Waals surface area contributed by atoms with E-state index in [1.165, 1.54) is 6.42 Å². The van der Waals surface area contributed by atoms with E-state index in [4.69, 9.17) is 5.11 Å². The molecule has 0 aliphatic carbocycles. The van der Waals surface area contributed by atoms with Gasteiger partial charge >= 0.3 is 5.97 Å². The van der Waals surface area contributed by atoms with Crippen LogP contribution in [0.1, 0.15) is 26.2 Å². The third kappa shape index (κ3) is 6.48. The SMILES string of the molecule is CCC1CCN(CC(=O)NCC(=O)O)CC1.Cl. The fourth-order valence-corrected chi connectivity index (χ4v) is 1.99. The van der Waals surface area contributed by atoms with Crippen LogP contribution in [0.25, 0.3) is 0 Å². The molecule has 0 aromatic carbocycles. The van der Waals surface area contributed by atoms with E-state index in [0.717, 1.165) is 31.8 Å². The maximum Gasteiger partial charge on any atom is 0.322 e. The molecule has 0 aromatic heterocycles. The van der Waals surface area contributed by atoms with Gasteiger partial charge in [-0.05, 0) is 31.8 Å². The van der Waals surface area contributed by atoms with Crippen LogP contribution in [0.2, 0.25) is 0 Å². The van der Waals surface area contributed by atoms with Gasteiger partial charge in [0.05, 0.1) is 6.54 Å². The monoisotopic (exact) mass is 264 g/mol. The molecule has 1 heterocycles. The van der Waals surface area contributed by atoms with Crippen molar-refractivity contribution in [3.05, 3.63) is 0 Å². The molecule has 0 radical (unpaired) electrons. The number of carboxylic acids is 1. The van der Waals surface area contributed by atoms with Gasteiger partial charge in [0.25, 0.3) is 0 Å². The Kier molecular flexibility index (Phi) is 7.91. The highest BCUT2D eigenvalue weighted by atomic mass is 35.5. The van der Waals surface area contributed by atoms with Crippen molar-refractivity contribution in [2.75, 3.05) is 26.2 Å². The van der Waals surface area contributed by atoms with Gasteiger partial charge in [0, 0.05) is 0 Å². The highest BCUT2D eigenvalue weighted by Crippen LogP contribution is 2.19. The Hall–Kier alpha value is -0.810. The lowest BCUT2D eigenvalue weighted by atomic mass is 9.94. The molecule has 100 valence electrons. The van der Waals surface area contributed by atoms with Crippen molar-refractivity contribution in [3.8, 4) is 0 Å². The molecule has 1 rings (SSSR count). The van der Waals surface area contributed by atoms with E-state index >= 15 is 0 Å². The first-order valence-corrected chi connectivity index (χ1v) is 5.82. The number of hydrogen-bond acceptors (Lipinski definition) is 3. The van der Waals surface area contributed by atoms with Crippen LogP contribution in [0.3, 0.4) is 0 Å². The molecule has 1 aliphatic rings. The number of amides is 1. The summed E-state index contributed by atoms with van der Waals surface area (Å²) in [5.41, 5.74) is 0. The zero-order valence-corrected chi connectivity index (χ0v) is 11.0. The van der Waals surface area contributed by atoms with Crippen LogP contribution >= 0.6 is 12.4 Å². The molecular formula is C11H21ClN2O3. The topological polar surface area (TPSA) is 69.6 Å². The van der Waals surface area contributed by atoms with E-state index < -0.39 is 5.97 Å². The molecule has 0 spiro atoms. The zero-order chi connectivity index (χ0) is 12.0. The Bertz CT molecular complexity index is 253. The van der Waals surface area contributed by atoms with Crippen LogP contribution in [-0.2, 0) is 9.59 Å². The number of carbonyl (C=O) groups excluding carboxylic acids is 1. The van der Waals surface area contributed by atoms with Crippen molar-refractivity contribution < 1.29 is 14.7 Å². The molecule has 0 atom stereocenters. The van der Waals surface area contributed by atoms with E-state index in [2.05, 4.69) is 17.1 Å². The summed E-state index contributed by atoms with van der Waals surface area (Å²) in [6.45, 7) is 4.12. The summed E-state index contributed by atoms with van der Waals surface area (Å²) in [6.07, 6.45) is 3.49. The summed E-state index contributed by atoms with van der Waals surface area (Å²) >= 11 is 0. The van der Waals surface area contributed by atoms with Gasteiger partial charge in [-0.25, -0.2) is 0 Å². The van der Waals surface area contributed by atoms with Gasteiger partial charge in [0.1, 0.15) is 6.54 Å². The largest absolute Gasteiger partial charge is 0.480 e. The average molecular weight is 265 g/mol. The lowest BCUT2D eigenvalue weighted by Crippen LogP contribution is -2.42. The van der Waals surface area contributed by atoms with Crippen LogP contribution in [-0.4, -0.2) is 48.1 Å². The Morgan fingerprint density at radius 3 is 2.41 bits per heavy atom. The number of nitrogens with one attached hydrogen (secondary N) is 1. The average Bonchev–Trinajstić information content (AvgIpc) is 2.27. The van der Waals surface area contributed by atoms with Crippen LogP contribution in [0.4, 0.5) is 0 Å². The Balaban J connectivity index is 0.00000256. The van der Waals surface area contributed by atoms with Gasteiger partial charge in [-0.2, -0.15) is 0 Å². The molecule has 0 bridgehead atoms. The molecule has 5 nitrogen and oxygen atoms in total. The number of carboxylic acid groups (broad SMARTS) is 1. The minimum Gasteiger partial charge on any atom is -0.480 e. The van der Waals surface area contributed by atoms with Crippen molar-refractivity contribution in [1.29, 1.82) is 0 Å². The summed E-state index contributed by atoms with van der Waals surface area (Å²) in [4.78, 5) is 23.7. The number of halogens is 1. The van der Waals surface area contributed by atoms with Crippen molar-refractivity contribution in [3.63, 3.8) is 0 Å². The fraction of sp³-hybridized carbons (Fsp3) is 0.818. The third-order valence-corrected chi connectivity index (χ3v) is 3.09. The highest BCUT2D eigenvalue weighted by molar-refractivity contribution is 5.85. The second-order valence-electron chi connectivity index (χ2n) is 4.30. The molecule has 1 amide bonds. The lowest BCUT2D eigenvalue weighted by molar-refractivity contribution is -0.138. The van der Waals surface area contributed by atoms with Crippen LogP contribution in [0.15, 0.2) is 0 Å². The summed E-state index contributed by atoms with van der Waals surface area (Å²) in [5.74, 6) is -0.409. The Morgan fingerprint density at radius 1 is 1.35 bits per heavy atom. The van der Waals surface area contributed by atoms with Crippen molar-refractivity contribution in [2.45, 2.75) is 26.2 Å². The number of carbonyl (C=O) groups is 2. The van der Waals surface area contributed by atoms with Gasteiger partial charge in [-0.15, -0.1) is 12.4 Å². The smallest absolute Gasteiger partial charge is 0.322 e. The molecule has 2 N–H and O–H groups in total. The normalized spacial score (nSPS) is 17.2. The summed E-state index contributed by atoms with van der Waals surface area (Å²) in [5, 5.41) is 10.8. The Labute approximate surface area is 108 Å². The van der Waals surface area contributed by atoms with Gasteiger partial charge in [-0.1, -0.05) is 13.3 Å². The first-order chi connectivity index (χ1) is 7.61.